The summed E-state index contributed by atoms with van der Waals surface area (Å²) in [6.07, 6.45) is 7.72. The van der Waals surface area contributed by atoms with Crippen LogP contribution < -0.4 is 10.6 Å². The van der Waals surface area contributed by atoms with Gasteiger partial charge in [-0.1, -0.05) is 47.3 Å². The first-order valence-electron chi connectivity index (χ1n) is 8.07. The summed E-state index contributed by atoms with van der Waals surface area (Å²) >= 11 is 3.54. The molecule has 1 heterocycles. The Morgan fingerprint density at radius 1 is 1.09 bits per heavy atom. The monoisotopic (exact) mass is 477 g/mol. The van der Waals surface area contributed by atoms with Crippen LogP contribution in [0.25, 0.3) is 0 Å². The van der Waals surface area contributed by atoms with Crippen molar-refractivity contribution in [3.63, 3.8) is 0 Å². The quantitative estimate of drug-likeness (QED) is 0.640. The Morgan fingerprint density at radius 3 is 2.45 bits per heavy atom. The topological polar surface area (TPSA) is 36.4 Å². The van der Waals surface area contributed by atoms with E-state index in [1.807, 2.05) is 0 Å². The van der Waals surface area contributed by atoms with Gasteiger partial charge in [0.15, 0.2) is 5.96 Å². The number of guanidine groups is 1. The third-order valence-corrected chi connectivity index (χ3v) is 5.29. The van der Waals surface area contributed by atoms with Crippen LogP contribution in [-0.2, 0) is 5.41 Å². The average Bonchev–Trinajstić information content (AvgIpc) is 2.55. The molecule has 5 heteroatoms. The van der Waals surface area contributed by atoms with Crippen molar-refractivity contribution in [2.24, 2.45) is 4.99 Å². The third kappa shape index (κ3) is 4.37. The Balaban J connectivity index is 0.00000176. The molecule has 0 aromatic heterocycles. The van der Waals surface area contributed by atoms with Crippen molar-refractivity contribution < 1.29 is 0 Å². The minimum Gasteiger partial charge on any atom is -0.356 e. The molecule has 3 rings (SSSR count). The predicted molar refractivity (Wildman–Crippen MR) is 107 cm³/mol. The van der Waals surface area contributed by atoms with E-state index in [0.29, 0.717) is 0 Å². The van der Waals surface area contributed by atoms with E-state index in [1.165, 1.54) is 37.7 Å². The molecule has 1 saturated carbocycles. The molecule has 1 aliphatic carbocycles. The summed E-state index contributed by atoms with van der Waals surface area (Å²) in [6.45, 7) is 2.97. The van der Waals surface area contributed by atoms with E-state index in [-0.39, 0.29) is 29.4 Å². The van der Waals surface area contributed by atoms with Gasteiger partial charge >= 0.3 is 0 Å². The second-order valence-corrected chi connectivity index (χ2v) is 7.13. The lowest BCUT2D eigenvalue weighted by Crippen LogP contribution is -2.48. The van der Waals surface area contributed by atoms with Crippen LogP contribution in [0.5, 0.6) is 0 Å². The highest BCUT2D eigenvalue weighted by Gasteiger charge is 2.34. The molecule has 2 N–H and O–H groups in total. The van der Waals surface area contributed by atoms with E-state index < -0.39 is 0 Å². The van der Waals surface area contributed by atoms with Gasteiger partial charge in [-0.05, 0) is 37.0 Å². The fourth-order valence-electron chi connectivity index (χ4n) is 3.50. The van der Waals surface area contributed by atoms with Crippen LogP contribution in [0, 0.1) is 0 Å². The summed E-state index contributed by atoms with van der Waals surface area (Å²) in [7, 11) is 0. The fraction of sp³-hybridized carbons (Fsp3) is 0.588. The van der Waals surface area contributed by atoms with Crippen molar-refractivity contribution in [1.82, 2.24) is 10.6 Å². The average molecular weight is 478 g/mol. The highest BCUT2D eigenvalue weighted by atomic mass is 127. The molecule has 0 saturated heterocycles. The van der Waals surface area contributed by atoms with Gasteiger partial charge in [0, 0.05) is 29.5 Å². The van der Waals surface area contributed by atoms with Crippen LogP contribution in [0.3, 0.4) is 0 Å². The molecular weight excluding hydrogens is 453 g/mol. The van der Waals surface area contributed by atoms with Crippen molar-refractivity contribution in [3.05, 3.63) is 34.3 Å². The van der Waals surface area contributed by atoms with Crippen LogP contribution >= 0.6 is 39.9 Å². The van der Waals surface area contributed by atoms with Gasteiger partial charge in [0.25, 0.3) is 0 Å². The smallest absolute Gasteiger partial charge is 0.191 e. The lowest BCUT2D eigenvalue weighted by Gasteiger charge is -2.38. The van der Waals surface area contributed by atoms with Crippen molar-refractivity contribution in [3.8, 4) is 0 Å². The second-order valence-electron chi connectivity index (χ2n) is 6.21. The van der Waals surface area contributed by atoms with Crippen LogP contribution in [0.1, 0.15) is 44.1 Å². The molecule has 0 bridgehead atoms. The fourth-order valence-corrected chi connectivity index (χ4v) is 3.77. The normalized spacial score (nSPS) is 20.3. The molecule has 1 fully saturated rings. The molecule has 0 radical (unpaired) electrons. The first-order valence-corrected chi connectivity index (χ1v) is 8.86. The number of nitrogens with zero attached hydrogens (tertiary/aromatic N) is 1. The summed E-state index contributed by atoms with van der Waals surface area (Å²) in [6, 6.07) is 8.91. The molecule has 1 aromatic rings. The van der Waals surface area contributed by atoms with Crippen LogP contribution in [0.2, 0.25) is 0 Å². The van der Waals surface area contributed by atoms with Gasteiger partial charge in [-0.2, -0.15) is 0 Å². The highest BCUT2D eigenvalue weighted by Crippen LogP contribution is 2.39. The molecular formula is C17H25BrIN3. The highest BCUT2D eigenvalue weighted by molar-refractivity contribution is 14.0. The van der Waals surface area contributed by atoms with E-state index in [0.717, 1.165) is 36.5 Å². The van der Waals surface area contributed by atoms with E-state index in [9.17, 15) is 0 Å². The first-order chi connectivity index (χ1) is 10.3. The lowest BCUT2D eigenvalue weighted by atomic mass is 9.69. The summed E-state index contributed by atoms with van der Waals surface area (Å²) in [5.41, 5.74) is 1.73. The van der Waals surface area contributed by atoms with Gasteiger partial charge < -0.3 is 10.6 Å². The van der Waals surface area contributed by atoms with E-state index in [2.05, 4.69) is 55.8 Å². The predicted octanol–water partition coefficient (Wildman–Crippen LogP) is 4.21. The lowest BCUT2D eigenvalue weighted by molar-refractivity contribution is 0.291. The SMILES string of the molecule is Brc1ccc(C2(CNC3=NCCCN3)CCCCC2)cc1.I. The molecule has 1 aromatic carbocycles. The molecule has 1 aliphatic heterocycles. The molecule has 122 valence electrons. The van der Waals surface area contributed by atoms with Gasteiger partial charge in [0.2, 0.25) is 0 Å². The zero-order valence-corrected chi connectivity index (χ0v) is 16.8. The Kier molecular flexibility index (Phi) is 6.99. The minimum absolute atomic E-state index is 0. The van der Waals surface area contributed by atoms with Crippen molar-refractivity contribution in [2.45, 2.75) is 43.9 Å². The van der Waals surface area contributed by atoms with E-state index in [4.69, 9.17) is 0 Å². The number of hydrogen-bond acceptors (Lipinski definition) is 3. The standard InChI is InChI=1S/C17H24BrN3.HI/c18-15-7-5-14(6-8-15)17(9-2-1-3-10-17)13-21-16-19-11-4-12-20-16;/h5-8H,1-4,9-13H2,(H2,19,20,21);1H. The van der Waals surface area contributed by atoms with Crippen molar-refractivity contribution >= 4 is 45.9 Å². The van der Waals surface area contributed by atoms with Gasteiger partial charge in [-0.25, -0.2) is 0 Å². The van der Waals surface area contributed by atoms with Gasteiger partial charge in [0.05, 0.1) is 0 Å². The Hall–Kier alpha value is -0.300. The maximum absolute atomic E-state index is 4.54. The van der Waals surface area contributed by atoms with Gasteiger partial charge in [0.1, 0.15) is 0 Å². The zero-order chi connectivity index (χ0) is 14.5. The molecule has 0 unspecified atom stereocenters. The Bertz CT molecular complexity index is 495. The van der Waals surface area contributed by atoms with Crippen LogP contribution in [0.15, 0.2) is 33.7 Å². The first kappa shape index (κ1) is 18.0. The molecule has 0 spiro atoms. The largest absolute Gasteiger partial charge is 0.356 e. The molecule has 2 aliphatic rings. The summed E-state index contributed by atoms with van der Waals surface area (Å²) in [5, 5.41) is 6.94. The van der Waals surface area contributed by atoms with E-state index in [1.54, 1.807) is 0 Å². The van der Waals surface area contributed by atoms with Crippen molar-refractivity contribution in [1.29, 1.82) is 0 Å². The second kappa shape index (κ2) is 8.52. The zero-order valence-electron chi connectivity index (χ0n) is 12.9. The summed E-state index contributed by atoms with van der Waals surface area (Å²) in [4.78, 5) is 4.54. The molecule has 22 heavy (non-hydrogen) atoms. The minimum atomic E-state index is 0. The number of aliphatic imine (C=N–C) groups is 1. The Morgan fingerprint density at radius 2 is 1.82 bits per heavy atom. The maximum Gasteiger partial charge on any atom is 0.191 e. The van der Waals surface area contributed by atoms with Crippen LogP contribution in [0.4, 0.5) is 0 Å². The summed E-state index contributed by atoms with van der Waals surface area (Å²) in [5.74, 6) is 0.989. The van der Waals surface area contributed by atoms with E-state index >= 15 is 0 Å². The van der Waals surface area contributed by atoms with Crippen molar-refractivity contribution in [2.75, 3.05) is 19.6 Å². The maximum atomic E-state index is 4.54. The summed E-state index contributed by atoms with van der Waals surface area (Å²) < 4.78 is 1.16. The Labute approximate surface area is 158 Å². The molecule has 0 atom stereocenters. The molecule has 0 amide bonds. The molecule has 3 nitrogen and oxygen atoms in total. The third-order valence-electron chi connectivity index (χ3n) is 4.76. The van der Waals surface area contributed by atoms with Crippen LogP contribution in [-0.4, -0.2) is 25.6 Å². The number of nitrogens with one attached hydrogen (secondary N) is 2. The number of rotatable bonds is 3. The number of hydrogen-bond donors (Lipinski definition) is 2. The number of halogens is 2. The number of benzene rings is 1. The van der Waals surface area contributed by atoms with Gasteiger partial charge in [-0.3, -0.25) is 4.99 Å². The van der Waals surface area contributed by atoms with Gasteiger partial charge in [-0.15, -0.1) is 24.0 Å².